The molecule has 3 aromatic rings. The Morgan fingerprint density at radius 1 is 1.53 bits per heavy atom. The molecule has 3 aromatic heterocycles. The zero-order valence-electron chi connectivity index (χ0n) is 11.7. The fourth-order valence-electron chi connectivity index (χ4n) is 1.49. The fraction of sp³-hybridized carbons (Fsp3) is 0.100. The first-order chi connectivity index (χ1) is 9.50. The van der Waals surface area contributed by atoms with Crippen LogP contribution in [-0.4, -0.2) is 30.0 Å². The van der Waals surface area contributed by atoms with Crippen molar-refractivity contribution in [1.82, 2.24) is 30.0 Å². The maximum Gasteiger partial charge on any atom is 0.269 e. The van der Waals surface area contributed by atoms with E-state index < -0.39 is 5.56 Å². The van der Waals surface area contributed by atoms with Crippen LogP contribution in [0.4, 0.5) is 0 Å². The number of hydrogen-bond donors (Lipinski definition) is 1. The highest BCUT2D eigenvalue weighted by atomic mass is 16.1. The van der Waals surface area contributed by atoms with Crippen LogP contribution in [0.5, 0.6) is 0 Å². The van der Waals surface area contributed by atoms with Crippen molar-refractivity contribution in [3.05, 3.63) is 40.4 Å². The van der Waals surface area contributed by atoms with Gasteiger partial charge in [0.15, 0.2) is 0 Å². The summed E-state index contributed by atoms with van der Waals surface area (Å²) in [5, 5.41) is 12.9. The van der Waals surface area contributed by atoms with E-state index in [1.807, 2.05) is 0 Å². The lowest BCUT2D eigenvalue weighted by atomic mass is 10.2. The van der Waals surface area contributed by atoms with Crippen molar-refractivity contribution in [1.29, 1.82) is 0 Å². The standard InChI is InChI=1S/C10H8N6O/c1-6-3-2-4-16-9(6)11-5-7(10(16)17)8-12-14-15-13-8/h2-5H,1H3,(H,12,13,14,15)/i2D,3D,5D. The van der Waals surface area contributed by atoms with Crippen LogP contribution in [-0.2, 0) is 0 Å². The van der Waals surface area contributed by atoms with Crippen LogP contribution in [0.2, 0.25) is 0 Å². The Morgan fingerprint density at radius 2 is 2.41 bits per heavy atom. The van der Waals surface area contributed by atoms with Gasteiger partial charge in [-0.1, -0.05) is 6.04 Å². The van der Waals surface area contributed by atoms with E-state index in [4.69, 9.17) is 4.11 Å². The van der Waals surface area contributed by atoms with Crippen LogP contribution in [0.25, 0.3) is 17.0 Å². The van der Waals surface area contributed by atoms with E-state index in [0.717, 1.165) is 4.40 Å². The van der Waals surface area contributed by atoms with E-state index in [2.05, 4.69) is 25.6 Å². The molecule has 0 fully saturated rings. The third-order valence-electron chi connectivity index (χ3n) is 2.29. The van der Waals surface area contributed by atoms with Gasteiger partial charge >= 0.3 is 0 Å². The van der Waals surface area contributed by atoms with Crippen LogP contribution in [0.15, 0.2) is 29.2 Å². The Balaban J connectivity index is 2.48. The third kappa shape index (κ3) is 1.40. The van der Waals surface area contributed by atoms with Gasteiger partial charge in [0.05, 0.1) is 4.11 Å². The van der Waals surface area contributed by atoms with Crippen molar-refractivity contribution in [2.45, 2.75) is 6.92 Å². The second-order valence-electron chi connectivity index (χ2n) is 3.36. The maximum atomic E-state index is 12.4. The number of tetrazole rings is 1. The van der Waals surface area contributed by atoms with Gasteiger partial charge in [0, 0.05) is 12.4 Å². The van der Waals surface area contributed by atoms with Crippen molar-refractivity contribution in [2.24, 2.45) is 0 Å². The SMILES string of the molecule is [2H]c1cn2c(=O)c(-c3nn[nH]n3)c([2H])nc2c(C)c1[2H]. The molecule has 0 spiro atoms. The predicted molar refractivity (Wildman–Crippen MR) is 59.4 cm³/mol. The van der Waals surface area contributed by atoms with Gasteiger partial charge in [-0.05, 0) is 23.7 Å². The number of aromatic nitrogens is 6. The number of aromatic amines is 1. The summed E-state index contributed by atoms with van der Waals surface area (Å²) in [7, 11) is 0. The normalized spacial score (nSPS) is 13.4. The zero-order chi connectivity index (χ0) is 14.4. The van der Waals surface area contributed by atoms with Gasteiger partial charge in [-0.2, -0.15) is 5.21 Å². The smallest absolute Gasteiger partial charge is 0.268 e. The number of hydrogen-bond acceptors (Lipinski definition) is 5. The van der Waals surface area contributed by atoms with Crippen molar-refractivity contribution in [2.75, 3.05) is 0 Å². The van der Waals surface area contributed by atoms with E-state index in [1.54, 1.807) is 6.92 Å². The van der Waals surface area contributed by atoms with Crippen LogP contribution in [0.3, 0.4) is 0 Å². The summed E-state index contributed by atoms with van der Waals surface area (Å²) in [6.07, 6.45) is 0.903. The highest BCUT2D eigenvalue weighted by molar-refractivity contribution is 5.55. The van der Waals surface area contributed by atoms with Crippen LogP contribution in [0.1, 0.15) is 9.68 Å². The molecule has 0 unspecified atom stereocenters. The molecule has 3 rings (SSSR count). The lowest BCUT2D eigenvalue weighted by Crippen LogP contribution is -2.17. The molecule has 0 aromatic carbocycles. The molecule has 0 aliphatic carbocycles. The minimum Gasteiger partial charge on any atom is -0.268 e. The minimum atomic E-state index is -0.571. The summed E-state index contributed by atoms with van der Waals surface area (Å²) in [5.41, 5.74) is -0.137. The van der Waals surface area contributed by atoms with Gasteiger partial charge in [0.25, 0.3) is 5.56 Å². The molecule has 3 heterocycles. The van der Waals surface area contributed by atoms with E-state index in [0.29, 0.717) is 5.56 Å². The lowest BCUT2D eigenvalue weighted by Gasteiger charge is -2.03. The van der Waals surface area contributed by atoms with E-state index in [1.165, 1.54) is 6.20 Å². The molecular weight excluding hydrogens is 220 g/mol. The topological polar surface area (TPSA) is 88.8 Å². The van der Waals surface area contributed by atoms with Crippen molar-refractivity contribution in [3.8, 4) is 11.4 Å². The first kappa shape index (κ1) is 6.89. The number of aryl methyl sites for hydroxylation is 1. The average molecular weight is 231 g/mol. The molecule has 0 atom stereocenters. The number of rotatable bonds is 1. The molecule has 84 valence electrons. The Hall–Kier alpha value is -2.57. The van der Waals surface area contributed by atoms with Gasteiger partial charge in [-0.25, -0.2) is 4.98 Å². The van der Waals surface area contributed by atoms with Crippen molar-refractivity contribution in [3.63, 3.8) is 0 Å². The number of fused-ring (bicyclic) bond motifs is 1. The number of pyridine rings is 1. The maximum absolute atomic E-state index is 12.4. The molecule has 0 amide bonds. The first-order valence-electron chi connectivity index (χ1n) is 6.24. The van der Waals surface area contributed by atoms with E-state index in [-0.39, 0.29) is 35.3 Å². The molecule has 0 radical (unpaired) electrons. The van der Waals surface area contributed by atoms with Gasteiger partial charge in [0.1, 0.15) is 11.2 Å². The highest BCUT2D eigenvalue weighted by Gasteiger charge is 2.11. The van der Waals surface area contributed by atoms with E-state index in [9.17, 15) is 4.79 Å². The summed E-state index contributed by atoms with van der Waals surface area (Å²) in [6.45, 7) is 1.58. The summed E-state index contributed by atoms with van der Waals surface area (Å²) < 4.78 is 24.3. The molecule has 17 heavy (non-hydrogen) atoms. The molecule has 0 bridgehead atoms. The summed E-state index contributed by atoms with van der Waals surface area (Å²) >= 11 is 0. The van der Waals surface area contributed by atoms with Gasteiger partial charge in [-0.3, -0.25) is 9.20 Å². The van der Waals surface area contributed by atoms with Crippen LogP contribution >= 0.6 is 0 Å². The predicted octanol–water partition coefficient (Wildman–Crippen LogP) is 0.183. The molecule has 7 nitrogen and oxygen atoms in total. The summed E-state index contributed by atoms with van der Waals surface area (Å²) in [5.74, 6) is -0.0268. The fourth-order valence-corrected chi connectivity index (χ4v) is 1.49. The average Bonchev–Trinajstić information content (AvgIpc) is 2.92. The second-order valence-corrected chi connectivity index (χ2v) is 3.36. The Morgan fingerprint density at radius 3 is 3.18 bits per heavy atom. The number of nitrogens with zero attached hydrogens (tertiary/aromatic N) is 5. The monoisotopic (exact) mass is 231 g/mol. The minimum absolute atomic E-state index is 0.0244. The highest BCUT2D eigenvalue weighted by Crippen LogP contribution is 2.09. The van der Waals surface area contributed by atoms with Crippen molar-refractivity contribution >= 4 is 5.65 Å². The Kier molecular flexibility index (Phi) is 1.41. The van der Waals surface area contributed by atoms with E-state index >= 15 is 0 Å². The van der Waals surface area contributed by atoms with Crippen LogP contribution < -0.4 is 5.56 Å². The van der Waals surface area contributed by atoms with Gasteiger partial charge in [0.2, 0.25) is 5.82 Å². The molecule has 1 N–H and O–H groups in total. The lowest BCUT2D eigenvalue weighted by molar-refractivity contribution is 0.881. The largest absolute Gasteiger partial charge is 0.269 e. The summed E-state index contributed by atoms with van der Waals surface area (Å²) in [4.78, 5) is 16.4. The third-order valence-corrected chi connectivity index (χ3v) is 2.29. The Labute approximate surface area is 99.4 Å². The van der Waals surface area contributed by atoms with Crippen LogP contribution in [0, 0.1) is 6.92 Å². The zero-order valence-corrected chi connectivity index (χ0v) is 8.72. The molecule has 7 heteroatoms. The number of nitrogens with one attached hydrogen (secondary N) is 1. The van der Waals surface area contributed by atoms with Gasteiger partial charge < -0.3 is 0 Å². The molecular formula is C10H8N6O. The van der Waals surface area contributed by atoms with Gasteiger partial charge in [-0.15, -0.1) is 10.2 Å². The molecule has 0 aliphatic rings. The quantitative estimate of drug-likeness (QED) is 0.645. The van der Waals surface area contributed by atoms with Crippen molar-refractivity contribution < 1.29 is 4.11 Å². The Bertz CT molecular complexity index is 873. The summed E-state index contributed by atoms with van der Waals surface area (Å²) in [6, 6.07) is -0.126. The first-order valence-corrected chi connectivity index (χ1v) is 4.74. The molecule has 0 saturated carbocycles. The molecule has 0 saturated heterocycles. The number of H-pyrrole nitrogens is 1. The second kappa shape index (κ2) is 3.48. The molecule has 0 aliphatic heterocycles.